The second-order valence-corrected chi connectivity index (χ2v) is 9.01. The van der Waals surface area contributed by atoms with Crippen LogP contribution in [0.15, 0.2) is 14.7 Å². The largest absolute Gasteiger partial charge is 0.443 e. The predicted octanol–water partition coefficient (Wildman–Crippen LogP) is 3.14. The van der Waals surface area contributed by atoms with E-state index in [4.69, 9.17) is 4.74 Å². The van der Waals surface area contributed by atoms with Crippen LogP contribution in [0, 0.1) is 6.92 Å². The van der Waals surface area contributed by atoms with Crippen LogP contribution in [0.2, 0.25) is 0 Å². The lowest BCUT2D eigenvalue weighted by Gasteiger charge is -2.18. The summed E-state index contributed by atoms with van der Waals surface area (Å²) in [5.74, 6) is 0. The van der Waals surface area contributed by atoms with Crippen molar-refractivity contribution in [3.05, 3.63) is 31.3 Å². The van der Waals surface area contributed by atoms with Crippen molar-refractivity contribution in [1.82, 2.24) is 14.6 Å². The van der Waals surface area contributed by atoms with E-state index in [-0.39, 0.29) is 17.3 Å². The Morgan fingerprint density at radius 2 is 2.04 bits per heavy atom. The number of nitrogens with zero attached hydrogens (tertiary/aromatic N) is 3. The molecule has 2 aromatic rings. The fourth-order valence-corrected chi connectivity index (χ4v) is 4.22. The number of rotatable bonds is 5. The van der Waals surface area contributed by atoms with Gasteiger partial charge < -0.3 is 4.74 Å². The maximum absolute atomic E-state index is 13.0. The lowest BCUT2D eigenvalue weighted by atomic mass is 10.2. The third kappa shape index (κ3) is 4.04. The summed E-state index contributed by atoms with van der Waals surface area (Å²) < 4.78 is 8.23. The van der Waals surface area contributed by atoms with Gasteiger partial charge in [0.25, 0.3) is 5.56 Å². The molecule has 3 rings (SSSR count). The molecule has 0 spiro atoms. The van der Waals surface area contributed by atoms with Crippen LogP contribution < -0.4 is 16.7 Å². The standard InChI is InChI=1S/C19H26N4O4S/c1-6-9-22-16-14(15(24)23(18(22)26)12-7-8-12)11(2)13(28-16)10-20-21-17(25)27-19(3,4)5/h10,12H,6-9H2,1-5H3,(H,21,25)/b20-10+. The van der Waals surface area contributed by atoms with Crippen LogP contribution >= 0.6 is 11.3 Å². The Morgan fingerprint density at radius 3 is 2.61 bits per heavy atom. The van der Waals surface area contributed by atoms with Gasteiger partial charge in [0.1, 0.15) is 10.4 Å². The number of thiophene rings is 1. The first kappa shape index (κ1) is 20.3. The Morgan fingerprint density at radius 1 is 1.36 bits per heavy atom. The minimum absolute atomic E-state index is 0.0118. The van der Waals surface area contributed by atoms with Gasteiger partial charge in [-0.25, -0.2) is 15.0 Å². The zero-order chi connectivity index (χ0) is 20.6. The van der Waals surface area contributed by atoms with Crippen molar-refractivity contribution in [3.63, 3.8) is 0 Å². The fraction of sp³-hybridized carbons (Fsp3) is 0.579. The third-order valence-electron chi connectivity index (χ3n) is 4.38. The number of aryl methyl sites for hydroxylation is 2. The minimum Gasteiger partial charge on any atom is -0.443 e. The van der Waals surface area contributed by atoms with E-state index in [2.05, 4.69) is 10.5 Å². The van der Waals surface area contributed by atoms with Crippen molar-refractivity contribution < 1.29 is 9.53 Å². The van der Waals surface area contributed by atoms with Crippen molar-refractivity contribution in [3.8, 4) is 0 Å². The van der Waals surface area contributed by atoms with Crippen LogP contribution in [0.25, 0.3) is 10.2 Å². The van der Waals surface area contributed by atoms with Crippen molar-refractivity contribution in [2.45, 2.75) is 72.1 Å². The lowest BCUT2D eigenvalue weighted by molar-refractivity contribution is 0.0529. The number of hydrogen-bond donors (Lipinski definition) is 1. The monoisotopic (exact) mass is 406 g/mol. The first-order chi connectivity index (χ1) is 13.1. The topological polar surface area (TPSA) is 94.7 Å². The molecule has 8 nitrogen and oxygen atoms in total. The van der Waals surface area contributed by atoms with Gasteiger partial charge in [0, 0.05) is 12.6 Å². The first-order valence-electron chi connectivity index (χ1n) is 9.44. The van der Waals surface area contributed by atoms with Crippen LogP contribution in [-0.2, 0) is 11.3 Å². The van der Waals surface area contributed by atoms with Gasteiger partial charge in [-0.2, -0.15) is 5.10 Å². The van der Waals surface area contributed by atoms with Gasteiger partial charge in [0.05, 0.1) is 16.5 Å². The summed E-state index contributed by atoms with van der Waals surface area (Å²) in [7, 11) is 0. The number of hydrogen-bond acceptors (Lipinski definition) is 6. The highest BCUT2D eigenvalue weighted by molar-refractivity contribution is 7.20. The van der Waals surface area contributed by atoms with Gasteiger partial charge in [0.2, 0.25) is 0 Å². The summed E-state index contributed by atoms with van der Waals surface area (Å²) >= 11 is 1.33. The second-order valence-electron chi connectivity index (χ2n) is 7.98. The molecule has 0 unspecified atom stereocenters. The van der Waals surface area contributed by atoms with E-state index in [1.54, 1.807) is 25.3 Å². The molecular formula is C19H26N4O4S. The molecule has 1 saturated carbocycles. The highest BCUT2D eigenvalue weighted by Gasteiger charge is 2.30. The minimum atomic E-state index is -0.651. The zero-order valence-electron chi connectivity index (χ0n) is 16.9. The molecule has 28 heavy (non-hydrogen) atoms. The molecule has 0 aromatic carbocycles. The van der Waals surface area contributed by atoms with Crippen molar-refractivity contribution >= 4 is 33.9 Å². The van der Waals surface area contributed by atoms with Gasteiger partial charge in [-0.1, -0.05) is 6.92 Å². The summed E-state index contributed by atoms with van der Waals surface area (Å²) in [5.41, 5.74) is 2.01. The zero-order valence-corrected chi connectivity index (χ0v) is 17.7. The van der Waals surface area contributed by atoms with E-state index in [0.29, 0.717) is 16.8 Å². The number of amides is 1. The van der Waals surface area contributed by atoms with Crippen LogP contribution in [0.5, 0.6) is 0 Å². The Hall–Kier alpha value is -2.42. The molecule has 0 atom stereocenters. The summed E-state index contributed by atoms with van der Waals surface area (Å²) in [6.07, 6.45) is 3.36. The van der Waals surface area contributed by atoms with Crippen LogP contribution in [0.1, 0.15) is 63.4 Å². The summed E-state index contributed by atoms with van der Waals surface area (Å²) in [5, 5.41) is 4.50. The number of carbonyl (C=O) groups is 1. The molecule has 9 heteroatoms. The number of hydrazone groups is 1. The number of aromatic nitrogens is 2. The molecular weight excluding hydrogens is 380 g/mol. The number of carbonyl (C=O) groups excluding carboxylic acids is 1. The molecule has 1 aliphatic carbocycles. The molecule has 0 bridgehead atoms. The quantitative estimate of drug-likeness (QED) is 0.610. The molecule has 1 fully saturated rings. The van der Waals surface area contributed by atoms with E-state index < -0.39 is 11.7 Å². The van der Waals surface area contributed by atoms with Gasteiger partial charge in [-0.3, -0.25) is 13.9 Å². The van der Waals surface area contributed by atoms with Gasteiger partial charge in [-0.15, -0.1) is 11.3 Å². The molecule has 0 aliphatic heterocycles. The van der Waals surface area contributed by atoms with Crippen LogP contribution in [0.4, 0.5) is 4.79 Å². The Kier molecular flexibility index (Phi) is 5.47. The van der Waals surface area contributed by atoms with Crippen LogP contribution in [0.3, 0.4) is 0 Å². The number of fused-ring (bicyclic) bond motifs is 1. The molecule has 2 aromatic heterocycles. The summed E-state index contributed by atoms with van der Waals surface area (Å²) in [4.78, 5) is 38.9. The Bertz CT molecular complexity index is 1050. The molecule has 152 valence electrons. The number of nitrogens with one attached hydrogen (secondary N) is 1. The number of ether oxygens (including phenoxy) is 1. The molecule has 0 radical (unpaired) electrons. The van der Waals surface area contributed by atoms with E-state index in [0.717, 1.165) is 29.7 Å². The van der Waals surface area contributed by atoms with Crippen molar-refractivity contribution in [1.29, 1.82) is 0 Å². The van der Waals surface area contributed by atoms with Crippen molar-refractivity contribution in [2.75, 3.05) is 0 Å². The van der Waals surface area contributed by atoms with Crippen molar-refractivity contribution in [2.24, 2.45) is 5.10 Å². The molecule has 1 aliphatic rings. The molecule has 1 N–H and O–H groups in total. The Labute approximate surface area is 166 Å². The molecule has 2 heterocycles. The summed E-state index contributed by atoms with van der Waals surface area (Å²) in [6.45, 7) is 9.69. The lowest BCUT2D eigenvalue weighted by Crippen LogP contribution is -2.39. The maximum atomic E-state index is 13.0. The molecule has 1 amide bonds. The van der Waals surface area contributed by atoms with Gasteiger partial charge >= 0.3 is 11.8 Å². The highest BCUT2D eigenvalue weighted by Crippen LogP contribution is 2.34. The van der Waals surface area contributed by atoms with Crippen LogP contribution in [-0.4, -0.2) is 27.0 Å². The van der Waals surface area contributed by atoms with E-state index in [1.807, 2.05) is 13.8 Å². The molecule has 0 saturated heterocycles. The SMILES string of the molecule is CCCn1c(=O)n(C2CC2)c(=O)c2c(C)c(/C=N/NC(=O)OC(C)(C)C)sc21. The third-order valence-corrected chi connectivity index (χ3v) is 5.63. The van der Waals surface area contributed by atoms with Gasteiger partial charge in [-0.05, 0) is 52.5 Å². The average Bonchev–Trinajstić information content (AvgIpc) is 3.35. The highest BCUT2D eigenvalue weighted by atomic mass is 32.1. The second kappa shape index (κ2) is 7.54. The van der Waals surface area contributed by atoms with E-state index >= 15 is 0 Å². The van der Waals surface area contributed by atoms with Gasteiger partial charge in [0.15, 0.2) is 0 Å². The van der Waals surface area contributed by atoms with E-state index in [1.165, 1.54) is 22.1 Å². The average molecular weight is 407 g/mol. The van der Waals surface area contributed by atoms with E-state index in [9.17, 15) is 14.4 Å². The predicted molar refractivity (Wildman–Crippen MR) is 111 cm³/mol. The normalized spacial score (nSPS) is 14.8. The summed E-state index contributed by atoms with van der Waals surface area (Å²) in [6, 6.07) is 0.0118. The Balaban J connectivity index is 2.00. The fourth-order valence-electron chi connectivity index (χ4n) is 3.02. The first-order valence-corrected chi connectivity index (χ1v) is 10.3. The maximum Gasteiger partial charge on any atom is 0.428 e. The smallest absolute Gasteiger partial charge is 0.428 e.